The summed E-state index contributed by atoms with van der Waals surface area (Å²) in [6.45, 7) is 5.71. The van der Waals surface area contributed by atoms with Crippen LogP contribution >= 0.6 is 0 Å². The quantitative estimate of drug-likeness (QED) is 0.293. The third-order valence-electron chi connectivity index (χ3n) is 0.773. The molecule has 0 unspecified atom stereocenters. The van der Waals surface area contributed by atoms with E-state index in [0.717, 1.165) is 0 Å². The zero-order valence-corrected chi connectivity index (χ0v) is 6.27. The van der Waals surface area contributed by atoms with Crippen LogP contribution in [-0.4, -0.2) is 20.4 Å². The fourth-order valence-corrected chi connectivity index (χ4v) is 1.14. The van der Waals surface area contributed by atoms with Gasteiger partial charge in [0.2, 0.25) is 0 Å². The van der Waals surface area contributed by atoms with Crippen LogP contribution in [0.1, 0.15) is 6.92 Å². The standard InChI is InChI=1S/C4H7.C2H3.Mg/c1-3-4-2;1-2;/h3-4H,1H2,2H3;1H,2H2;/b4-3+;;. The van der Waals surface area contributed by atoms with Crippen molar-refractivity contribution >= 4 is 20.4 Å². The highest BCUT2D eigenvalue weighted by molar-refractivity contribution is 6.42. The molecule has 36 valence electrons. The van der Waals surface area contributed by atoms with Crippen molar-refractivity contribution in [3.63, 3.8) is 0 Å². The summed E-state index contributed by atoms with van der Waals surface area (Å²) in [5.74, 6) is 0. The van der Waals surface area contributed by atoms with Gasteiger partial charge in [-0.3, -0.25) is 0 Å². The molecule has 0 aromatic rings. The normalized spacial score (nSPS) is 8.71. The SMILES string of the molecule is C=[CH][Mg][CH2]/C=C/C. The fraction of sp³-hybridized carbons (Fsp3) is 0.333. The van der Waals surface area contributed by atoms with Gasteiger partial charge in [-0.1, -0.05) is 6.08 Å². The molecule has 0 fully saturated rings. The molecule has 0 radical (unpaired) electrons. The summed E-state index contributed by atoms with van der Waals surface area (Å²) in [6, 6.07) is 0. The van der Waals surface area contributed by atoms with Gasteiger partial charge in [-0.15, -0.1) is 17.2 Å². The molecule has 0 nitrogen and oxygen atoms in total. The summed E-state index contributed by atoms with van der Waals surface area (Å²) in [6.07, 6.45) is 4.30. The summed E-state index contributed by atoms with van der Waals surface area (Å²) < 4.78 is 3.35. The van der Waals surface area contributed by atoms with Crippen LogP contribution in [0.3, 0.4) is 0 Å². The third-order valence-corrected chi connectivity index (χ3v) is 1.85. The maximum atomic E-state index is 3.66. The molecule has 0 atom stereocenters. The highest BCUT2D eigenvalue weighted by atomic mass is 24.5. The average Bonchev–Trinajstić information content (AvgIpc) is 1.69. The molecule has 0 aliphatic heterocycles. The van der Waals surface area contributed by atoms with E-state index in [1.807, 2.05) is 0 Å². The Balaban J connectivity index is 2.82. The Morgan fingerprint density at radius 2 is 2.43 bits per heavy atom. The number of hydrogen-bond acceptors (Lipinski definition) is 0. The second-order valence-corrected chi connectivity index (χ2v) is 3.17. The van der Waals surface area contributed by atoms with E-state index in [9.17, 15) is 0 Å². The topological polar surface area (TPSA) is 0 Å². The molecule has 0 aliphatic rings. The van der Waals surface area contributed by atoms with Gasteiger partial charge in [-0.05, 0) is 6.92 Å². The van der Waals surface area contributed by atoms with Crippen LogP contribution in [0.25, 0.3) is 0 Å². The Morgan fingerprint density at radius 3 is 2.86 bits per heavy atom. The summed E-state index contributed by atoms with van der Waals surface area (Å²) >= 11 is 0.0878. The van der Waals surface area contributed by atoms with Gasteiger partial charge in [0.1, 0.15) is 0 Å². The first-order valence-electron chi connectivity index (χ1n) is 2.64. The Kier molecular flexibility index (Phi) is 6.47. The van der Waals surface area contributed by atoms with E-state index in [4.69, 9.17) is 0 Å². The first-order chi connectivity index (χ1) is 3.41. The molecule has 0 aromatic carbocycles. The Labute approximate surface area is 55.0 Å². The molecule has 0 saturated heterocycles. The Morgan fingerprint density at radius 1 is 1.71 bits per heavy atom. The lowest BCUT2D eigenvalue weighted by Crippen LogP contribution is -1.75. The molecule has 0 heterocycles. The predicted molar refractivity (Wildman–Crippen MR) is 35.6 cm³/mol. The Hall–Kier alpha value is 0.246. The van der Waals surface area contributed by atoms with Gasteiger partial charge in [-0.25, -0.2) is 4.21 Å². The molecule has 1 heteroatoms. The van der Waals surface area contributed by atoms with Crippen molar-refractivity contribution in [3.8, 4) is 0 Å². The number of allylic oxidation sites excluding steroid dienone is 2. The van der Waals surface area contributed by atoms with Crippen LogP contribution < -0.4 is 0 Å². The first-order valence-corrected chi connectivity index (χ1v) is 4.45. The second-order valence-electron chi connectivity index (χ2n) is 1.44. The average molecular weight is 106 g/mol. The van der Waals surface area contributed by atoms with E-state index in [1.54, 1.807) is 0 Å². The molecule has 0 spiro atoms. The minimum Gasteiger partial charge on any atom is -0.214 e. The monoisotopic (exact) mass is 106 g/mol. The molecule has 0 saturated carbocycles. The van der Waals surface area contributed by atoms with Crippen molar-refractivity contribution in [2.75, 3.05) is 0 Å². The van der Waals surface area contributed by atoms with Crippen molar-refractivity contribution in [1.82, 2.24) is 0 Å². The lowest BCUT2D eigenvalue weighted by Gasteiger charge is -1.74. The van der Waals surface area contributed by atoms with Crippen molar-refractivity contribution in [2.24, 2.45) is 0 Å². The minimum absolute atomic E-state index is 0.0878. The highest BCUT2D eigenvalue weighted by Crippen LogP contribution is 1.79. The van der Waals surface area contributed by atoms with Crippen molar-refractivity contribution in [3.05, 3.63) is 22.9 Å². The van der Waals surface area contributed by atoms with Crippen LogP contribution in [0.15, 0.2) is 22.9 Å². The van der Waals surface area contributed by atoms with Gasteiger partial charge in [0.05, 0.1) is 0 Å². The molecular weight excluding hydrogens is 96.4 g/mol. The second kappa shape index (κ2) is 6.25. The summed E-state index contributed by atoms with van der Waals surface area (Å²) in [7, 11) is 0. The van der Waals surface area contributed by atoms with Crippen LogP contribution in [0.5, 0.6) is 0 Å². The highest BCUT2D eigenvalue weighted by Gasteiger charge is 1.78. The van der Waals surface area contributed by atoms with E-state index in [2.05, 4.69) is 29.9 Å². The maximum Gasteiger partial charge on any atom is 0.400 e. The number of hydrogen-bond donors (Lipinski definition) is 0. The molecule has 0 rings (SSSR count). The van der Waals surface area contributed by atoms with Gasteiger partial charge in [-0.2, -0.15) is 0 Å². The van der Waals surface area contributed by atoms with Crippen molar-refractivity contribution in [1.29, 1.82) is 0 Å². The Bertz CT molecular complexity index is 64.6. The summed E-state index contributed by atoms with van der Waals surface area (Å²) in [5, 5.41) is 0. The van der Waals surface area contributed by atoms with E-state index in [0.29, 0.717) is 0 Å². The predicted octanol–water partition coefficient (Wildman–Crippen LogP) is 1.83. The van der Waals surface area contributed by atoms with Crippen molar-refractivity contribution < 1.29 is 0 Å². The van der Waals surface area contributed by atoms with Gasteiger partial charge < -0.3 is 0 Å². The van der Waals surface area contributed by atoms with E-state index in [1.165, 1.54) is 4.55 Å². The molecule has 0 N–H and O–H groups in total. The molecule has 0 bridgehead atoms. The fourth-order valence-electron chi connectivity index (χ4n) is 0.381. The lowest BCUT2D eigenvalue weighted by atomic mass is 10.6. The van der Waals surface area contributed by atoms with Gasteiger partial charge >= 0.3 is 20.4 Å². The van der Waals surface area contributed by atoms with Crippen molar-refractivity contribution in [2.45, 2.75) is 11.5 Å². The summed E-state index contributed by atoms with van der Waals surface area (Å²) in [4.78, 5) is 0. The molecular formula is C6H10Mg. The third kappa shape index (κ3) is 6.25. The molecule has 0 aliphatic carbocycles. The largest absolute Gasteiger partial charge is 0.400 e. The zero-order valence-electron chi connectivity index (χ0n) is 4.85. The summed E-state index contributed by atoms with van der Waals surface area (Å²) in [5.41, 5.74) is 0. The molecule has 0 aromatic heterocycles. The van der Waals surface area contributed by atoms with Gasteiger partial charge in [0, 0.05) is 0 Å². The van der Waals surface area contributed by atoms with E-state index in [-0.39, 0.29) is 20.4 Å². The lowest BCUT2D eigenvalue weighted by molar-refractivity contribution is 1.61. The smallest absolute Gasteiger partial charge is 0.214 e. The maximum absolute atomic E-state index is 3.66. The van der Waals surface area contributed by atoms with E-state index < -0.39 is 0 Å². The first kappa shape index (κ1) is 7.25. The van der Waals surface area contributed by atoms with Crippen LogP contribution in [0, 0.1) is 0 Å². The van der Waals surface area contributed by atoms with Crippen LogP contribution in [0.4, 0.5) is 0 Å². The minimum atomic E-state index is 0.0878. The van der Waals surface area contributed by atoms with Crippen LogP contribution in [-0.2, 0) is 0 Å². The molecule has 7 heavy (non-hydrogen) atoms. The van der Waals surface area contributed by atoms with E-state index >= 15 is 0 Å². The van der Waals surface area contributed by atoms with Gasteiger partial charge in [0.25, 0.3) is 0 Å². The number of rotatable bonds is 3. The molecule has 0 amide bonds. The van der Waals surface area contributed by atoms with Gasteiger partial charge in [0.15, 0.2) is 0 Å². The zero-order chi connectivity index (χ0) is 5.54. The van der Waals surface area contributed by atoms with Crippen LogP contribution in [0.2, 0.25) is 4.55 Å².